The van der Waals surface area contributed by atoms with Crippen LogP contribution in [0, 0.1) is 23.3 Å². The van der Waals surface area contributed by atoms with Crippen LogP contribution in [0.2, 0.25) is 0 Å². The number of rotatable bonds is 20. The van der Waals surface area contributed by atoms with Crippen molar-refractivity contribution < 1.29 is 17.6 Å². The van der Waals surface area contributed by atoms with Crippen molar-refractivity contribution in [2.45, 2.75) is 130 Å². The number of fused-ring (bicyclic) bond motifs is 6. The fraction of sp³-hybridized carbons (Fsp3) is 0.400. The van der Waals surface area contributed by atoms with Crippen molar-refractivity contribution in [1.29, 1.82) is 0 Å². The average Bonchev–Trinajstić information content (AvgIpc) is 3.70. The number of hydrogen-bond donors (Lipinski definition) is 0. The topological polar surface area (TPSA) is 9.86 Å². The van der Waals surface area contributed by atoms with Gasteiger partial charge in [0.2, 0.25) is 0 Å². The highest BCUT2D eigenvalue weighted by atomic mass is 19.2. The van der Waals surface area contributed by atoms with Crippen molar-refractivity contribution in [3.63, 3.8) is 0 Å². The summed E-state index contributed by atoms with van der Waals surface area (Å²) in [5, 5.41) is 3.49. The minimum atomic E-state index is -1.39. The Balaban J connectivity index is 1.17. The second-order valence-electron chi connectivity index (χ2n) is 15.8. The lowest BCUT2D eigenvalue weighted by molar-refractivity contribution is 0.463. The predicted molar refractivity (Wildman–Crippen MR) is 228 cm³/mol. The number of benzene rings is 5. The van der Waals surface area contributed by atoms with Gasteiger partial charge in [-0.25, -0.2) is 17.6 Å². The van der Waals surface area contributed by atoms with Crippen LogP contribution in [-0.2, 0) is 13.1 Å². The Morgan fingerprint density at radius 3 is 1.05 bits per heavy atom. The van der Waals surface area contributed by atoms with Gasteiger partial charge in [-0.05, 0) is 60.4 Å². The number of aromatic nitrogens is 2. The summed E-state index contributed by atoms with van der Waals surface area (Å²) >= 11 is 0. The van der Waals surface area contributed by atoms with E-state index in [1.807, 2.05) is 48.5 Å². The van der Waals surface area contributed by atoms with Crippen molar-refractivity contribution in [3.05, 3.63) is 108 Å². The van der Waals surface area contributed by atoms with Crippen LogP contribution in [0.1, 0.15) is 117 Å². The summed E-state index contributed by atoms with van der Waals surface area (Å²) in [6.45, 7) is 6.10. The maximum atomic E-state index is 16.2. The van der Waals surface area contributed by atoms with Crippen LogP contribution < -0.4 is 0 Å². The molecule has 2 nitrogen and oxygen atoms in total. The molecule has 0 atom stereocenters. The Morgan fingerprint density at radius 2 is 0.679 bits per heavy atom. The highest BCUT2D eigenvalue weighted by Gasteiger charge is 2.28. The van der Waals surface area contributed by atoms with E-state index < -0.39 is 34.4 Å². The van der Waals surface area contributed by atoms with E-state index in [2.05, 4.69) is 35.1 Å². The molecule has 2 heterocycles. The summed E-state index contributed by atoms with van der Waals surface area (Å²) in [5.74, 6) is -5.56. The molecule has 0 aliphatic carbocycles. The van der Waals surface area contributed by atoms with E-state index in [9.17, 15) is 0 Å². The zero-order valence-corrected chi connectivity index (χ0v) is 33.2. The lowest BCUT2D eigenvalue weighted by atomic mass is 9.95. The van der Waals surface area contributed by atoms with E-state index in [0.717, 1.165) is 82.4 Å². The molecule has 0 amide bonds. The fourth-order valence-corrected chi connectivity index (χ4v) is 8.85. The fourth-order valence-electron chi connectivity index (χ4n) is 8.85. The van der Waals surface area contributed by atoms with Crippen LogP contribution >= 0.6 is 0 Å². The Hall–Kier alpha value is -4.58. The third-order valence-corrected chi connectivity index (χ3v) is 11.9. The van der Waals surface area contributed by atoms with Gasteiger partial charge in [-0.3, -0.25) is 0 Å². The van der Waals surface area contributed by atoms with Gasteiger partial charge < -0.3 is 9.13 Å². The second kappa shape index (κ2) is 18.6. The molecule has 0 bridgehead atoms. The summed E-state index contributed by atoms with van der Waals surface area (Å²) in [6, 6.07) is 26.1. The number of aryl methyl sites for hydroxylation is 2. The molecule has 0 saturated carbocycles. The van der Waals surface area contributed by atoms with Crippen LogP contribution in [0.25, 0.3) is 65.9 Å². The molecule has 0 N–H and O–H groups in total. The minimum absolute atomic E-state index is 0.103. The first-order chi connectivity index (χ1) is 27.4. The van der Waals surface area contributed by atoms with Gasteiger partial charge in [-0.15, -0.1) is 0 Å². The van der Waals surface area contributed by atoms with E-state index in [1.54, 1.807) is 24.3 Å². The summed E-state index contributed by atoms with van der Waals surface area (Å²) < 4.78 is 69.3. The van der Waals surface area contributed by atoms with E-state index in [0.29, 0.717) is 0 Å². The maximum Gasteiger partial charge on any atom is 0.170 e. The molecule has 7 rings (SSSR count). The van der Waals surface area contributed by atoms with Gasteiger partial charge in [-0.1, -0.05) is 152 Å². The number of halogens is 4. The van der Waals surface area contributed by atoms with E-state index in [1.165, 1.54) is 77.0 Å². The smallest absolute Gasteiger partial charge is 0.170 e. The number of nitrogens with zero attached hydrogens (tertiary/aromatic N) is 2. The molecule has 2 aromatic heterocycles. The molecule has 56 heavy (non-hydrogen) atoms. The van der Waals surface area contributed by atoms with Crippen molar-refractivity contribution >= 4 is 43.6 Å². The quantitative estimate of drug-likeness (QED) is 0.0416. The molecular weight excluding hydrogens is 705 g/mol. The molecule has 7 aromatic rings. The summed E-state index contributed by atoms with van der Waals surface area (Å²) in [4.78, 5) is 0. The van der Waals surface area contributed by atoms with E-state index in [-0.39, 0.29) is 11.1 Å². The van der Waals surface area contributed by atoms with Crippen LogP contribution in [0.5, 0.6) is 0 Å². The Kier molecular flexibility index (Phi) is 13.2. The summed E-state index contributed by atoms with van der Waals surface area (Å²) in [6.07, 6.45) is 19.4. The minimum Gasteiger partial charge on any atom is -0.340 e. The van der Waals surface area contributed by atoms with Gasteiger partial charge in [-0.2, -0.15) is 0 Å². The molecule has 0 fully saturated rings. The molecule has 0 aliphatic heterocycles. The van der Waals surface area contributed by atoms with Crippen molar-refractivity contribution in [1.82, 2.24) is 9.13 Å². The Labute approximate surface area is 329 Å². The average molecular weight is 761 g/mol. The third-order valence-electron chi connectivity index (χ3n) is 11.9. The van der Waals surface area contributed by atoms with Crippen LogP contribution in [0.15, 0.2) is 84.9 Å². The van der Waals surface area contributed by atoms with Crippen molar-refractivity contribution in [2.24, 2.45) is 0 Å². The first-order valence-corrected chi connectivity index (χ1v) is 21.3. The molecular formula is C50H56F4N2. The number of unbranched alkanes of at least 4 members (excludes halogenated alkanes) is 14. The lowest BCUT2D eigenvalue weighted by Crippen LogP contribution is -2.04. The second-order valence-corrected chi connectivity index (χ2v) is 15.8. The largest absolute Gasteiger partial charge is 0.340 e. The van der Waals surface area contributed by atoms with E-state index in [4.69, 9.17) is 0 Å². The van der Waals surface area contributed by atoms with Crippen molar-refractivity contribution in [2.75, 3.05) is 0 Å². The van der Waals surface area contributed by atoms with Gasteiger partial charge in [0.15, 0.2) is 23.3 Å². The zero-order chi connectivity index (χ0) is 39.0. The Morgan fingerprint density at radius 1 is 0.357 bits per heavy atom. The van der Waals surface area contributed by atoms with E-state index >= 15 is 17.6 Å². The lowest BCUT2D eigenvalue weighted by Gasteiger charge is -2.14. The van der Waals surface area contributed by atoms with Gasteiger partial charge in [0.05, 0.1) is 11.1 Å². The first kappa shape index (κ1) is 39.6. The molecule has 0 radical (unpaired) electrons. The van der Waals surface area contributed by atoms with Crippen molar-refractivity contribution in [3.8, 4) is 22.3 Å². The van der Waals surface area contributed by atoms with Gasteiger partial charge >= 0.3 is 0 Å². The molecule has 6 heteroatoms. The van der Waals surface area contributed by atoms with Crippen LogP contribution in [-0.4, -0.2) is 9.13 Å². The molecule has 0 unspecified atom stereocenters. The highest BCUT2D eigenvalue weighted by Crippen LogP contribution is 2.41. The summed E-state index contributed by atoms with van der Waals surface area (Å²) in [7, 11) is 0. The van der Waals surface area contributed by atoms with Gasteiger partial charge in [0, 0.05) is 56.7 Å². The van der Waals surface area contributed by atoms with Crippen LogP contribution in [0.4, 0.5) is 17.6 Å². The van der Waals surface area contributed by atoms with Crippen LogP contribution in [0.3, 0.4) is 0 Å². The monoisotopic (exact) mass is 760 g/mol. The normalized spacial score (nSPS) is 12.0. The standard InChI is InChI=1S/C50H56F4N2/c1-3-5-7-9-11-13-15-21-31-55-41-25-19-17-23-37(41)39-33-35(27-29-43(39)55)45-47(51)49(53)46(50(54)48(45)52)36-28-30-44-40(34-36)38-24-18-20-26-42(38)56(44)32-22-16-14-12-10-8-6-4-2/h17-20,23-30,33-34H,3-16,21-22,31-32H2,1-2H3. The molecule has 5 aromatic carbocycles. The molecule has 0 aliphatic rings. The Bertz CT molecular complexity index is 2220. The first-order valence-electron chi connectivity index (χ1n) is 21.3. The summed E-state index contributed by atoms with van der Waals surface area (Å²) in [5.41, 5.74) is 2.77. The number of para-hydroxylation sites is 2. The molecule has 0 spiro atoms. The molecule has 0 saturated heterocycles. The van der Waals surface area contributed by atoms with Gasteiger partial charge in [0.1, 0.15) is 0 Å². The maximum absolute atomic E-state index is 16.2. The third kappa shape index (κ3) is 8.12. The highest BCUT2D eigenvalue weighted by molar-refractivity contribution is 6.10. The molecule has 294 valence electrons. The SMILES string of the molecule is CCCCCCCCCCn1c2ccccc2c2cc(-c3c(F)c(F)c(-c4ccc5c(c4)c4ccccc4n5CCCCCCCCCC)c(F)c3F)ccc21. The zero-order valence-electron chi connectivity index (χ0n) is 33.2. The predicted octanol–water partition coefficient (Wildman–Crippen LogP) is 16.1. The van der Waals surface area contributed by atoms with Gasteiger partial charge in [0.25, 0.3) is 0 Å². The number of hydrogen-bond acceptors (Lipinski definition) is 0.